The zero-order chi connectivity index (χ0) is 9.31. The van der Waals surface area contributed by atoms with E-state index in [-0.39, 0.29) is 5.82 Å². The standard InChI is InChI=1S/C11H12FO/c1-11(5-6-11)8-13-10-4-2-3-9(12)7-10/h2-3,7H,5-6,8H2,1H3. The van der Waals surface area contributed by atoms with Crippen molar-refractivity contribution in [2.24, 2.45) is 5.41 Å². The monoisotopic (exact) mass is 179 g/mol. The molecule has 1 nitrogen and oxygen atoms in total. The fourth-order valence-corrected chi connectivity index (χ4v) is 1.11. The second-order valence-electron chi connectivity index (χ2n) is 3.97. The van der Waals surface area contributed by atoms with Gasteiger partial charge in [-0.2, -0.15) is 0 Å². The van der Waals surface area contributed by atoms with E-state index in [1.54, 1.807) is 6.07 Å². The summed E-state index contributed by atoms with van der Waals surface area (Å²) >= 11 is 0. The summed E-state index contributed by atoms with van der Waals surface area (Å²) in [7, 11) is 0. The molecule has 1 radical (unpaired) electrons. The molecule has 0 spiro atoms. The van der Waals surface area contributed by atoms with E-state index >= 15 is 0 Å². The molecule has 2 heteroatoms. The molecular formula is C11H12FO. The van der Waals surface area contributed by atoms with Crippen molar-refractivity contribution in [2.75, 3.05) is 6.61 Å². The quantitative estimate of drug-likeness (QED) is 0.693. The molecule has 2 rings (SSSR count). The summed E-state index contributed by atoms with van der Waals surface area (Å²) in [5.74, 6) is 0.239. The van der Waals surface area contributed by atoms with Gasteiger partial charge in [0.05, 0.1) is 6.61 Å². The first-order valence-corrected chi connectivity index (χ1v) is 4.48. The minimum Gasteiger partial charge on any atom is -0.492 e. The van der Waals surface area contributed by atoms with Gasteiger partial charge >= 0.3 is 0 Å². The van der Waals surface area contributed by atoms with Crippen molar-refractivity contribution in [2.45, 2.75) is 19.8 Å². The van der Waals surface area contributed by atoms with E-state index in [2.05, 4.69) is 13.0 Å². The van der Waals surface area contributed by atoms with Gasteiger partial charge in [0.2, 0.25) is 0 Å². The number of benzene rings is 1. The maximum absolute atomic E-state index is 12.7. The average Bonchev–Trinajstić information content (AvgIpc) is 2.82. The molecule has 0 aromatic heterocycles. The maximum atomic E-state index is 12.7. The third-order valence-corrected chi connectivity index (χ3v) is 2.42. The molecule has 0 atom stereocenters. The van der Waals surface area contributed by atoms with Crippen molar-refractivity contribution in [3.05, 3.63) is 30.1 Å². The van der Waals surface area contributed by atoms with Crippen LogP contribution in [0.5, 0.6) is 5.75 Å². The lowest BCUT2D eigenvalue weighted by atomic mass is 10.2. The summed E-state index contributed by atoms with van der Waals surface area (Å²) in [6.07, 6.45) is 2.42. The largest absolute Gasteiger partial charge is 0.492 e. The van der Waals surface area contributed by atoms with Crippen LogP contribution in [0, 0.1) is 17.3 Å². The normalized spacial score (nSPS) is 18.3. The van der Waals surface area contributed by atoms with Crippen LogP contribution in [0.1, 0.15) is 19.8 Å². The number of halogens is 1. The molecule has 0 aliphatic heterocycles. The maximum Gasteiger partial charge on any atom is 0.130 e. The van der Waals surface area contributed by atoms with Crippen LogP contribution < -0.4 is 4.74 Å². The zero-order valence-corrected chi connectivity index (χ0v) is 7.64. The predicted molar refractivity (Wildman–Crippen MR) is 48.1 cm³/mol. The van der Waals surface area contributed by atoms with Gasteiger partial charge in [-0.25, -0.2) is 4.39 Å². The highest BCUT2D eigenvalue weighted by atomic mass is 19.1. The zero-order valence-electron chi connectivity index (χ0n) is 7.64. The number of hydrogen-bond acceptors (Lipinski definition) is 1. The molecule has 0 heterocycles. The molecule has 0 amide bonds. The summed E-state index contributed by atoms with van der Waals surface area (Å²) in [6, 6.07) is 7.12. The lowest BCUT2D eigenvalue weighted by Crippen LogP contribution is -2.08. The molecule has 1 aromatic rings. The first-order valence-electron chi connectivity index (χ1n) is 4.48. The van der Waals surface area contributed by atoms with Gasteiger partial charge in [-0.1, -0.05) is 6.92 Å². The van der Waals surface area contributed by atoms with Gasteiger partial charge in [-0.05, 0) is 25.0 Å². The van der Waals surface area contributed by atoms with E-state index in [1.807, 2.05) is 0 Å². The Bertz CT molecular complexity index is 305. The molecular weight excluding hydrogens is 167 g/mol. The molecule has 69 valence electrons. The van der Waals surface area contributed by atoms with Gasteiger partial charge in [0.25, 0.3) is 0 Å². The lowest BCUT2D eigenvalue weighted by Gasteiger charge is -2.10. The summed E-state index contributed by atoms with van der Waals surface area (Å²) in [6.45, 7) is 2.85. The van der Waals surface area contributed by atoms with Crippen LogP contribution >= 0.6 is 0 Å². The van der Waals surface area contributed by atoms with Crippen LogP contribution in [-0.4, -0.2) is 6.61 Å². The minimum absolute atomic E-state index is 0.269. The summed E-state index contributed by atoms with van der Waals surface area (Å²) in [5.41, 5.74) is 0.333. The van der Waals surface area contributed by atoms with Gasteiger partial charge in [0, 0.05) is 17.5 Å². The Morgan fingerprint density at radius 1 is 1.62 bits per heavy atom. The van der Waals surface area contributed by atoms with E-state index in [1.165, 1.54) is 25.0 Å². The van der Waals surface area contributed by atoms with Crippen molar-refractivity contribution in [1.29, 1.82) is 0 Å². The Morgan fingerprint density at radius 2 is 2.38 bits per heavy atom. The van der Waals surface area contributed by atoms with Gasteiger partial charge in [-0.15, -0.1) is 0 Å². The third kappa shape index (κ3) is 2.20. The van der Waals surface area contributed by atoms with E-state index in [0.29, 0.717) is 17.8 Å². The van der Waals surface area contributed by atoms with Crippen molar-refractivity contribution >= 4 is 0 Å². The first-order chi connectivity index (χ1) is 6.18. The molecule has 1 aliphatic carbocycles. The molecule has 13 heavy (non-hydrogen) atoms. The predicted octanol–water partition coefficient (Wildman–Crippen LogP) is 2.80. The lowest BCUT2D eigenvalue weighted by molar-refractivity contribution is 0.246. The molecule has 0 bridgehead atoms. The number of hydrogen-bond donors (Lipinski definition) is 0. The molecule has 1 aliphatic rings. The molecule has 1 saturated carbocycles. The second kappa shape index (κ2) is 3.02. The Labute approximate surface area is 77.5 Å². The Morgan fingerprint density at radius 3 is 3.00 bits per heavy atom. The summed E-state index contributed by atoms with van der Waals surface area (Å²) < 4.78 is 18.1. The average molecular weight is 179 g/mol. The highest BCUT2D eigenvalue weighted by molar-refractivity contribution is 5.21. The topological polar surface area (TPSA) is 9.23 Å². The van der Waals surface area contributed by atoms with Crippen LogP contribution in [-0.2, 0) is 0 Å². The molecule has 0 saturated heterocycles. The molecule has 0 unspecified atom stereocenters. The Balaban J connectivity index is 1.94. The Kier molecular flexibility index (Phi) is 1.98. The van der Waals surface area contributed by atoms with Crippen LogP contribution in [0.3, 0.4) is 0 Å². The summed E-state index contributed by atoms with van der Waals surface area (Å²) in [4.78, 5) is 0. The fraction of sp³-hybridized carbons (Fsp3) is 0.455. The third-order valence-electron chi connectivity index (χ3n) is 2.42. The van der Waals surface area contributed by atoms with E-state index < -0.39 is 0 Å². The smallest absolute Gasteiger partial charge is 0.130 e. The van der Waals surface area contributed by atoms with Gasteiger partial charge in [-0.3, -0.25) is 0 Å². The highest BCUT2D eigenvalue weighted by Gasteiger charge is 2.38. The number of rotatable bonds is 3. The number of ether oxygens (including phenoxy) is 1. The van der Waals surface area contributed by atoms with E-state index in [4.69, 9.17) is 4.74 Å². The van der Waals surface area contributed by atoms with Crippen LogP contribution in [0.25, 0.3) is 0 Å². The fourth-order valence-electron chi connectivity index (χ4n) is 1.11. The van der Waals surface area contributed by atoms with E-state index in [9.17, 15) is 4.39 Å². The van der Waals surface area contributed by atoms with Gasteiger partial charge < -0.3 is 4.74 Å². The molecule has 1 aromatic carbocycles. The van der Waals surface area contributed by atoms with Crippen molar-refractivity contribution in [1.82, 2.24) is 0 Å². The van der Waals surface area contributed by atoms with Crippen molar-refractivity contribution in [3.63, 3.8) is 0 Å². The van der Waals surface area contributed by atoms with Crippen molar-refractivity contribution in [3.8, 4) is 5.75 Å². The van der Waals surface area contributed by atoms with Gasteiger partial charge in [0.15, 0.2) is 0 Å². The first kappa shape index (κ1) is 8.54. The van der Waals surface area contributed by atoms with Crippen molar-refractivity contribution < 1.29 is 9.13 Å². The van der Waals surface area contributed by atoms with Gasteiger partial charge in [0.1, 0.15) is 11.6 Å². The summed E-state index contributed by atoms with van der Waals surface area (Å²) in [5, 5.41) is 0. The van der Waals surface area contributed by atoms with Crippen LogP contribution in [0.4, 0.5) is 4.39 Å². The second-order valence-corrected chi connectivity index (χ2v) is 3.97. The molecule has 1 fully saturated rings. The Hall–Kier alpha value is -1.05. The van der Waals surface area contributed by atoms with Crippen LogP contribution in [0.2, 0.25) is 0 Å². The minimum atomic E-state index is -0.269. The molecule has 0 N–H and O–H groups in total. The van der Waals surface area contributed by atoms with Crippen LogP contribution in [0.15, 0.2) is 18.2 Å². The SMILES string of the molecule is CC1(COc2[c]ccc(F)c2)CC1. The highest BCUT2D eigenvalue weighted by Crippen LogP contribution is 2.44. The van der Waals surface area contributed by atoms with E-state index in [0.717, 1.165) is 0 Å².